The first kappa shape index (κ1) is 24.2. The van der Waals surface area contributed by atoms with E-state index in [4.69, 9.17) is 9.84 Å². The van der Waals surface area contributed by atoms with Crippen molar-refractivity contribution in [3.63, 3.8) is 0 Å². The van der Waals surface area contributed by atoms with Gasteiger partial charge in [-0.15, -0.1) is 12.4 Å². The molecule has 2 N–H and O–H groups in total. The Morgan fingerprint density at radius 3 is 2.50 bits per heavy atom. The van der Waals surface area contributed by atoms with Gasteiger partial charge in [0.2, 0.25) is 5.91 Å². The van der Waals surface area contributed by atoms with Crippen molar-refractivity contribution in [1.82, 2.24) is 9.80 Å². The van der Waals surface area contributed by atoms with Crippen molar-refractivity contribution < 1.29 is 19.4 Å². The highest BCUT2D eigenvalue weighted by molar-refractivity contribution is 5.95. The highest BCUT2D eigenvalue weighted by Crippen LogP contribution is 2.25. The molecule has 1 aliphatic rings. The van der Waals surface area contributed by atoms with Crippen molar-refractivity contribution in [2.75, 3.05) is 38.1 Å². The zero-order valence-electron chi connectivity index (χ0n) is 16.9. The van der Waals surface area contributed by atoms with E-state index in [9.17, 15) is 9.59 Å². The molecule has 0 spiro atoms. The number of para-hydroxylation sites is 2. The normalized spacial score (nSPS) is 16.3. The molecule has 1 unspecified atom stereocenters. The number of carbonyl (C=O) groups excluding carboxylic acids is 1. The lowest BCUT2D eigenvalue weighted by Gasteiger charge is -2.39. The molecule has 0 aliphatic carbocycles. The summed E-state index contributed by atoms with van der Waals surface area (Å²) in [7, 11) is 0. The van der Waals surface area contributed by atoms with Gasteiger partial charge in [0.1, 0.15) is 5.75 Å². The van der Waals surface area contributed by atoms with E-state index in [1.54, 1.807) is 0 Å². The van der Waals surface area contributed by atoms with Crippen LogP contribution in [0.2, 0.25) is 0 Å². The Hall–Kier alpha value is -1.83. The fraction of sp³-hybridized carbons (Fsp3) is 0.600. The Morgan fingerprint density at radius 2 is 1.93 bits per heavy atom. The van der Waals surface area contributed by atoms with Crippen LogP contribution < -0.4 is 10.1 Å². The number of anilines is 1. The Kier molecular flexibility index (Phi) is 10.3. The summed E-state index contributed by atoms with van der Waals surface area (Å²) in [6.45, 7) is 8.71. The monoisotopic (exact) mass is 413 g/mol. The third-order valence-corrected chi connectivity index (χ3v) is 5.13. The SMILES string of the molecule is CCOc1ccccc1NC(=O)C(C)N1CCC(N(CC)CC(=O)O)CC1.Cl. The van der Waals surface area contributed by atoms with Crippen LogP contribution in [0.15, 0.2) is 24.3 Å². The number of piperidine rings is 1. The Bertz CT molecular complexity index is 636. The second-order valence-electron chi connectivity index (χ2n) is 6.82. The molecule has 1 aromatic carbocycles. The van der Waals surface area contributed by atoms with E-state index in [1.165, 1.54) is 0 Å². The van der Waals surface area contributed by atoms with Crippen LogP contribution in [0.5, 0.6) is 5.75 Å². The summed E-state index contributed by atoms with van der Waals surface area (Å²) in [4.78, 5) is 27.9. The van der Waals surface area contributed by atoms with Crippen molar-refractivity contribution in [2.24, 2.45) is 0 Å². The fourth-order valence-electron chi connectivity index (χ4n) is 3.57. The average Bonchev–Trinajstić information content (AvgIpc) is 2.67. The van der Waals surface area contributed by atoms with Crippen molar-refractivity contribution in [3.8, 4) is 5.75 Å². The second-order valence-corrected chi connectivity index (χ2v) is 6.82. The van der Waals surface area contributed by atoms with Crippen molar-refractivity contribution in [1.29, 1.82) is 0 Å². The lowest BCUT2D eigenvalue weighted by Crippen LogP contribution is -2.51. The van der Waals surface area contributed by atoms with Crippen LogP contribution in [-0.4, -0.2) is 71.7 Å². The molecule has 8 heteroatoms. The molecule has 7 nitrogen and oxygen atoms in total. The highest BCUT2D eigenvalue weighted by Gasteiger charge is 2.29. The van der Waals surface area contributed by atoms with Gasteiger partial charge in [-0.3, -0.25) is 19.4 Å². The second kappa shape index (κ2) is 11.9. The maximum atomic E-state index is 12.7. The lowest BCUT2D eigenvalue weighted by molar-refractivity contribution is -0.139. The van der Waals surface area contributed by atoms with Gasteiger partial charge >= 0.3 is 5.97 Å². The first-order valence-electron chi connectivity index (χ1n) is 9.68. The Labute approximate surface area is 173 Å². The topological polar surface area (TPSA) is 82.1 Å². The van der Waals surface area contributed by atoms with Crippen LogP contribution in [0.25, 0.3) is 0 Å². The van der Waals surface area contributed by atoms with Gasteiger partial charge in [0.15, 0.2) is 0 Å². The molecule has 1 aliphatic heterocycles. The summed E-state index contributed by atoms with van der Waals surface area (Å²) < 4.78 is 5.57. The third kappa shape index (κ3) is 6.65. The quantitative estimate of drug-likeness (QED) is 0.647. The van der Waals surface area contributed by atoms with Gasteiger partial charge in [-0.05, 0) is 45.4 Å². The molecular weight excluding hydrogens is 382 g/mol. The van der Waals surface area contributed by atoms with E-state index in [-0.39, 0.29) is 36.9 Å². The van der Waals surface area contributed by atoms with Gasteiger partial charge in [0, 0.05) is 19.1 Å². The molecule has 1 atom stereocenters. The zero-order valence-corrected chi connectivity index (χ0v) is 17.7. The van der Waals surface area contributed by atoms with Crippen LogP contribution in [0.3, 0.4) is 0 Å². The fourth-order valence-corrected chi connectivity index (χ4v) is 3.57. The number of carboxylic acid groups (broad SMARTS) is 1. The van der Waals surface area contributed by atoms with E-state index in [2.05, 4.69) is 10.2 Å². The molecule has 1 fully saturated rings. The van der Waals surface area contributed by atoms with Crippen LogP contribution in [0, 0.1) is 0 Å². The van der Waals surface area contributed by atoms with Gasteiger partial charge < -0.3 is 15.2 Å². The molecule has 0 saturated carbocycles. The van der Waals surface area contributed by atoms with Crippen molar-refractivity contribution in [3.05, 3.63) is 24.3 Å². The van der Waals surface area contributed by atoms with Crippen LogP contribution >= 0.6 is 12.4 Å². The van der Waals surface area contributed by atoms with Crippen LogP contribution in [0.1, 0.15) is 33.6 Å². The third-order valence-electron chi connectivity index (χ3n) is 5.13. The number of hydrogen-bond acceptors (Lipinski definition) is 5. The van der Waals surface area contributed by atoms with Gasteiger partial charge in [-0.2, -0.15) is 0 Å². The number of aliphatic carboxylic acids is 1. The Morgan fingerprint density at radius 1 is 1.29 bits per heavy atom. The summed E-state index contributed by atoms with van der Waals surface area (Å²) in [5.41, 5.74) is 0.685. The number of benzene rings is 1. The molecule has 0 aromatic heterocycles. The maximum Gasteiger partial charge on any atom is 0.317 e. The summed E-state index contributed by atoms with van der Waals surface area (Å²) in [6, 6.07) is 7.44. The van der Waals surface area contributed by atoms with E-state index in [0.29, 0.717) is 18.0 Å². The van der Waals surface area contributed by atoms with E-state index in [0.717, 1.165) is 32.5 Å². The van der Waals surface area contributed by atoms with Gasteiger partial charge in [-0.25, -0.2) is 0 Å². The molecule has 28 heavy (non-hydrogen) atoms. The predicted octanol–water partition coefficient (Wildman–Crippen LogP) is 2.71. The molecule has 1 aromatic rings. The maximum absolute atomic E-state index is 12.7. The zero-order chi connectivity index (χ0) is 19.8. The summed E-state index contributed by atoms with van der Waals surface area (Å²) in [6.07, 6.45) is 1.74. The number of likely N-dealkylation sites (tertiary alicyclic amines) is 1. The molecule has 0 bridgehead atoms. The minimum atomic E-state index is -0.792. The van der Waals surface area contributed by atoms with Gasteiger partial charge in [0.25, 0.3) is 0 Å². The van der Waals surface area contributed by atoms with Crippen molar-refractivity contribution >= 4 is 30.0 Å². The largest absolute Gasteiger partial charge is 0.492 e. The Balaban J connectivity index is 0.00000392. The molecule has 158 valence electrons. The number of likely N-dealkylation sites (N-methyl/N-ethyl adjacent to an activating group) is 1. The number of rotatable bonds is 9. The first-order valence-corrected chi connectivity index (χ1v) is 9.68. The van der Waals surface area contributed by atoms with Gasteiger partial charge in [0.05, 0.1) is 24.9 Å². The van der Waals surface area contributed by atoms with Crippen LogP contribution in [0.4, 0.5) is 5.69 Å². The summed E-state index contributed by atoms with van der Waals surface area (Å²) in [5, 5.41) is 12.0. The smallest absolute Gasteiger partial charge is 0.317 e. The number of halogens is 1. The number of ether oxygens (including phenoxy) is 1. The summed E-state index contributed by atoms with van der Waals surface area (Å²) in [5.74, 6) is -0.176. The molecule has 1 amide bonds. The standard InChI is InChI=1S/C20H31N3O4.ClH/c1-4-22(14-19(24)25)16-10-12-23(13-11-16)15(3)20(26)21-17-8-6-7-9-18(17)27-5-2;/h6-9,15-16H,4-5,10-14H2,1-3H3,(H,21,26)(H,24,25);1H. The minimum absolute atomic E-state index is 0. The number of nitrogens with zero attached hydrogens (tertiary/aromatic N) is 2. The summed E-state index contributed by atoms with van der Waals surface area (Å²) >= 11 is 0. The van der Waals surface area contributed by atoms with E-state index in [1.807, 2.05) is 49.9 Å². The molecule has 2 rings (SSSR count). The predicted molar refractivity (Wildman–Crippen MR) is 112 cm³/mol. The lowest BCUT2D eigenvalue weighted by atomic mass is 10.0. The first-order chi connectivity index (χ1) is 13.0. The minimum Gasteiger partial charge on any atom is -0.492 e. The molecule has 1 saturated heterocycles. The molecule has 0 radical (unpaired) electrons. The number of amides is 1. The highest BCUT2D eigenvalue weighted by atomic mass is 35.5. The van der Waals surface area contributed by atoms with Crippen molar-refractivity contribution in [2.45, 2.75) is 45.7 Å². The number of hydrogen-bond donors (Lipinski definition) is 2. The van der Waals surface area contributed by atoms with Crippen LogP contribution in [-0.2, 0) is 9.59 Å². The molecule has 1 heterocycles. The van der Waals surface area contributed by atoms with E-state index < -0.39 is 5.97 Å². The number of nitrogens with one attached hydrogen (secondary N) is 1. The van der Waals surface area contributed by atoms with Gasteiger partial charge in [-0.1, -0.05) is 19.1 Å². The number of carbonyl (C=O) groups is 2. The number of carboxylic acids is 1. The van der Waals surface area contributed by atoms with E-state index >= 15 is 0 Å². The average molecular weight is 414 g/mol. The molecular formula is C20H32ClN3O4.